The van der Waals surface area contributed by atoms with E-state index in [-0.39, 0.29) is 0 Å². The summed E-state index contributed by atoms with van der Waals surface area (Å²) in [7, 11) is 0. The van der Waals surface area contributed by atoms with E-state index in [9.17, 15) is 0 Å². The number of piperidine rings is 1. The summed E-state index contributed by atoms with van der Waals surface area (Å²) in [5, 5.41) is 1.10. The van der Waals surface area contributed by atoms with E-state index in [2.05, 4.69) is 41.6 Å². The van der Waals surface area contributed by atoms with Gasteiger partial charge >= 0.3 is 0 Å². The maximum atomic E-state index is 3.59. The molecule has 1 rings (SSSR count). The van der Waals surface area contributed by atoms with Gasteiger partial charge in [0.05, 0.1) is 0 Å². The zero-order valence-corrected chi connectivity index (χ0v) is 10.7. The zero-order valence-electron chi connectivity index (χ0n) is 9.15. The lowest BCUT2D eigenvalue weighted by molar-refractivity contribution is 0.137. The predicted octanol–water partition coefficient (Wildman–Crippen LogP) is 3.14. The number of hydrogen-bond acceptors (Lipinski definition) is 1. The molecule has 0 amide bonds. The first-order valence-electron chi connectivity index (χ1n) is 5.32. The van der Waals surface area contributed by atoms with E-state index in [0.29, 0.717) is 5.41 Å². The first-order valence-corrected chi connectivity index (χ1v) is 6.44. The average Bonchev–Trinajstić information content (AvgIpc) is 2.03. The molecule has 0 bridgehead atoms. The predicted molar refractivity (Wildman–Crippen MR) is 62.4 cm³/mol. The van der Waals surface area contributed by atoms with Gasteiger partial charge in [-0.05, 0) is 30.7 Å². The first-order chi connectivity index (χ1) is 6.03. The van der Waals surface area contributed by atoms with Crippen molar-refractivity contribution in [3.8, 4) is 0 Å². The van der Waals surface area contributed by atoms with Crippen LogP contribution < -0.4 is 0 Å². The van der Waals surface area contributed by atoms with Gasteiger partial charge in [0.15, 0.2) is 0 Å². The third-order valence-electron chi connectivity index (χ3n) is 2.75. The maximum absolute atomic E-state index is 3.59. The van der Waals surface area contributed by atoms with Gasteiger partial charge in [0.2, 0.25) is 0 Å². The molecule has 0 spiro atoms. The molecule has 0 N–H and O–H groups in total. The van der Waals surface area contributed by atoms with Crippen molar-refractivity contribution in [1.29, 1.82) is 0 Å². The molecular weight excluding hydrogens is 226 g/mol. The molecule has 0 aromatic carbocycles. The van der Waals surface area contributed by atoms with Crippen LogP contribution in [0.3, 0.4) is 0 Å². The van der Waals surface area contributed by atoms with Gasteiger partial charge in [-0.2, -0.15) is 0 Å². The molecular formula is C11H22BrN. The summed E-state index contributed by atoms with van der Waals surface area (Å²) in [5.41, 5.74) is 0.428. The molecule has 78 valence electrons. The number of likely N-dealkylation sites (tertiary alicyclic amines) is 1. The van der Waals surface area contributed by atoms with Crippen molar-refractivity contribution in [3.05, 3.63) is 0 Å². The van der Waals surface area contributed by atoms with Crippen LogP contribution in [0.4, 0.5) is 0 Å². The fraction of sp³-hybridized carbons (Fsp3) is 1.00. The standard InChI is InChI=1S/C11H22BrN/c1-10-5-4-6-13(7-10)9-11(2,3)8-12/h10H,4-9H2,1-3H3. The lowest BCUT2D eigenvalue weighted by Gasteiger charge is -2.36. The molecule has 1 heterocycles. The van der Waals surface area contributed by atoms with Crippen LogP contribution in [-0.2, 0) is 0 Å². The van der Waals surface area contributed by atoms with Crippen molar-refractivity contribution in [2.75, 3.05) is 25.0 Å². The van der Waals surface area contributed by atoms with Gasteiger partial charge in [-0.15, -0.1) is 0 Å². The van der Waals surface area contributed by atoms with Crippen LogP contribution in [0, 0.1) is 11.3 Å². The molecule has 0 aliphatic carbocycles. The van der Waals surface area contributed by atoms with Gasteiger partial charge in [0, 0.05) is 18.4 Å². The number of halogens is 1. The monoisotopic (exact) mass is 247 g/mol. The summed E-state index contributed by atoms with van der Waals surface area (Å²) in [4.78, 5) is 2.62. The summed E-state index contributed by atoms with van der Waals surface area (Å²) >= 11 is 3.59. The summed E-state index contributed by atoms with van der Waals surface area (Å²) < 4.78 is 0. The minimum Gasteiger partial charge on any atom is -0.303 e. The van der Waals surface area contributed by atoms with E-state index in [1.54, 1.807) is 0 Å². The van der Waals surface area contributed by atoms with Crippen LogP contribution in [0.25, 0.3) is 0 Å². The van der Waals surface area contributed by atoms with Crippen molar-refractivity contribution in [3.63, 3.8) is 0 Å². The lowest BCUT2D eigenvalue weighted by atomic mass is 9.93. The largest absolute Gasteiger partial charge is 0.303 e. The van der Waals surface area contributed by atoms with Crippen LogP contribution in [-0.4, -0.2) is 29.9 Å². The Balaban J connectivity index is 2.35. The average molecular weight is 248 g/mol. The summed E-state index contributed by atoms with van der Waals surface area (Å²) in [6, 6.07) is 0. The Hall–Kier alpha value is 0.440. The molecule has 13 heavy (non-hydrogen) atoms. The summed E-state index contributed by atoms with van der Waals surface area (Å²) in [6.45, 7) is 10.9. The quantitative estimate of drug-likeness (QED) is 0.693. The highest BCUT2D eigenvalue weighted by Crippen LogP contribution is 2.23. The third kappa shape index (κ3) is 3.99. The second kappa shape index (κ2) is 4.79. The molecule has 2 heteroatoms. The van der Waals surface area contributed by atoms with Crippen LogP contribution in [0.15, 0.2) is 0 Å². The smallest absolute Gasteiger partial charge is 0.00949 e. The third-order valence-corrected chi connectivity index (χ3v) is 4.27. The SMILES string of the molecule is CC1CCCN(CC(C)(C)CBr)C1. The van der Waals surface area contributed by atoms with Gasteiger partial charge in [0.25, 0.3) is 0 Å². The first kappa shape index (κ1) is 11.5. The molecule has 1 atom stereocenters. The van der Waals surface area contributed by atoms with Crippen LogP contribution >= 0.6 is 15.9 Å². The number of alkyl halides is 1. The highest BCUT2D eigenvalue weighted by atomic mass is 79.9. The zero-order chi connectivity index (χ0) is 9.90. The van der Waals surface area contributed by atoms with E-state index in [1.165, 1.54) is 32.5 Å². The number of rotatable bonds is 3. The Kier molecular flexibility index (Phi) is 4.24. The molecule has 1 aliphatic heterocycles. The lowest BCUT2D eigenvalue weighted by Crippen LogP contribution is -2.41. The molecule has 0 saturated carbocycles. The van der Waals surface area contributed by atoms with Gasteiger partial charge in [-0.25, -0.2) is 0 Å². The van der Waals surface area contributed by atoms with E-state index >= 15 is 0 Å². The van der Waals surface area contributed by atoms with Gasteiger partial charge in [-0.3, -0.25) is 0 Å². The van der Waals surface area contributed by atoms with E-state index in [1.807, 2.05) is 0 Å². The van der Waals surface area contributed by atoms with Crippen molar-refractivity contribution >= 4 is 15.9 Å². The van der Waals surface area contributed by atoms with E-state index in [4.69, 9.17) is 0 Å². The highest BCUT2D eigenvalue weighted by molar-refractivity contribution is 9.09. The highest BCUT2D eigenvalue weighted by Gasteiger charge is 2.23. The second-order valence-electron chi connectivity index (χ2n) is 5.28. The van der Waals surface area contributed by atoms with Crippen LogP contribution in [0.2, 0.25) is 0 Å². The molecule has 1 saturated heterocycles. The molecule has 1 nitrogen and oxygen atoms in total. The normalized spacial score (nSPS) is 26.3. The van der Waals surface area contributed by atoms with E-state index < -0.39 is 0 Å². The van der Waals surface area contributed by atoms with Crippen molar-refractivity contribution in [2.24, 2.45) is 11.3 Å². The maximum Gasteiger partial charge on any atom is 0.00949 e. The van der Waals surface area contributed by atoms with Gasteiger partial charge in [-0.1, -0.05) is 36.7 Å². The summed E-state index contributed by atoms with van der Waals surface area (Å²) in [5.74, 6) is 0.903. The summed E-state index contributed by atoms with van der Waals surface area (Å²) in [6.07, 6.45) is 2.81. The Morgan fingerprint density at radius 1 is 1.46 bits per heavy atom. The molecule has 0 radical (unpaired) electrons. The Labute approximate surface area is 91.0 Å². The molecule has 1 fully saturated rings. The molecule has 0 aromatic rings. The van der Waals surface area contributed by atoms with Crippen molar-refractivity contribution in [2.45, 2.75) is 33.6 Å². The number of nitrogens with zero attached hydrogens (tertiary/aromatic N) is 1. The van der Waals surface area contributed by atoms with Crippen LogP contribution in [0.5, 0.6) is 0 Å². The van der Waals surface area contributed by atoms with Gasteiger partial charge in [0.1, 0.15) is 0 Å². The fourth-order valence-corrected chi connectivity index (χ4v) is 2.26. The topological polar surface area (TPSA) is 3.24 Å². The van der Waals surface area contributed by atoms with Crippen LogP contribution in [0.1, 0.15) is 33.6 Å². The van der Waals surface area contributed by atoms with Gasteiger partial charge < -0.3 is 4.90 Å². The second-order valence-corrected chi connectivity index (χ2v) is 5.84. The van der Waals surface area contributed by atoms with Crippen molar-refractivity contribution in [1.82, 2.24) is 4.90 Å². The molecule has 0 aromatic heterocycles. The Bertz CT molecular complexity index is 156. The van der Waals surface area contributed by atoms with E-state index in [0.717, 1.165) is 11.2 Å². The minimum absolute atomic E-state index is 0.428. The van der Waals surface area contributed by atoms with Crippen molar-refractivity contribution < 1.29 is 0 Å². The number of hydrogen-bond donors (Lipinski definition) is 0. The molecule has 1 aliphatic rings. The Morgan fingerprint density at radius 3 is 2.69 bits per heavy atom. The fourth-order valence-electron chi connectivity index (χ4n) is 2.08. The molecule has 1 unspecified atom stereocenters. The minimum atomic E-state index is 0.428. The Morgan fingerprint density at radius 2 is 2.15 bits per heavy atom.